The van der Waals surface area contributed by atoms with Crippen molar-refractivity contribution in [1.82, 2.24) is 0 Å². The number of carbonyl (C=O) groups is 1. The number of benzene rings is 2. The first-order valence-corrected chi connectivity index (χ1v) is 9.42. The molecule has 0 bridgehead atoms. The van der Waals surface area contributed by atoms with Gasteiger partial charge in [-0.05, 0) is 53.6 Å². The van der Waals surface area contributed by atoms with Gasteiger partial charge >= 0.3 is 0 Å². The number of fused-ring (bicyclic) bond motifs is 2. The van der Waals surface area contributed by atoms with E-state index in [0.29, 0.717) is 25.0 Å². The van der Waals surface area contributed by atoms with E-state index in [4.69, 9.17) is 34.2 Å². The van der Waals surface area contributed by atoms with Crippen molar-refractivity contribution >= 4 is 29.0 Å². The quantitative estimate of drug-likeness (QED) is 0.726. The number of hydrogen-bond donors (Lipinski definition) is 1. The molecule has 1 atom stereocenters. The minimum atomic E-state index is -0.724. The second-order valence-electron chi connectivity index (χ2n) is 6.92. The molecule has 0 aliphatic heterocycles. The summed E-state index contributed by atoms with van der Waals surface area (Å²) in [5.41, 5.74) is 9.75. The number of Topliss-reactive ketones (excluding diaryl/α,β-unsaturated/α-hetero) is 1. The van der Waals surface area contributed by atoms with Gasteiger partial charge in [-0.15, -0.1) is 0 Å². The van der Waals surface area contributed by atoms with E-state index in [1.807, 2.05) is 30.3 Å². The Kier molecular flexibility index (Phi) is 5.67. The van der Waals surface area contributed by atoms with E-state index in [1.54, 1.807) is 0 Å². The van der Waals surface area contributed by atoms with Crippen LogP contribution in [0.2, 0.25) is 10.0 Å². The summed E-state index contributed by atoms with van der Waals surface area (Å²) in [5.74, 6) is 0.301. The number of nitrogens with zero attached hydrogens (tertiary/aromatic N) is 1. The number of carbonyl (C=O) groups excluding carboxylic acids is 1. The molecule has 1 unspecified atom stereocenters. The molecule has 2 aromatic rings. The molecule has 0 spiro atoms. The number of halogens is 2. The van der Waals surface area contributed by atoms with Crippen molar-refractivity contribution in [3.05, 3.63) is 68.7 Å². The van der Waals surface area contributed by atoms with Crippen molar-refractivity contribution in [2.24, 2.45) is 5.73 Å². The molecule has 2 aromatic carbocycles. The molecule has 2 N–H and O–H groups in total. The van der Waals surface area contributed by atoms with E-state index in [2.05, 4.69) is 12.1 Å². The van der Waals surface area contributed by atoms with Crippen LogP contribution in [0, 0.1) is 11.3 Å². The third-order valence-corrected chi connectivity index (χ3v) is 5.74. The van der Waals surface area contributed by atoms with Gasteiger partial charge in [0, 0.05) is 29.3 Å². The highest BCUT2D eigenvalue weighted by Gasteiger charge is 2.31. The van der Waals surface area contributed by atoms with Gasteiger partial charge in [-0.3, -0.25) is 4.79 Å². The molecule has 2 aliphatic carbocycles. The second-order valence-corrected chi connectivity index (χ2v) is 7.73. The molecular weight excluding hydrogens is 367 g/mol. The van der Waals surface area contributed by atoms with Crippen LogP contribution in [-0.4, -0.2) is 11.3 Å². The summed E-state index contributed by atoms with van der Waals surface area (Å²) < 4.78 is 0. The molecule has 0 amide bonds. The average molecular weight is 387 g/mol. The summed E-state index contributed by atoms with van der Waals surface area (Å²) in [6.45, 7) is 0. The van der Waals surface area contributed by atoms with Gasteiger partial charge in [0.15, 0.2) is 0 Å². The zero-order valence-electron chi connectivity index (χ0n) is 14.4. The third kappa shape index (κ3) is 4.10. The minimum Gasteiger partial charge on any atom is -0.313 e. The highest BCUT2D eigenvalue weighted by atomic mass is 35.5. The largest absolute Gasteiger partial charge is 0.313 e. The second kappa shape index (κ2) is 7.80. The average Bonchev–Trinajstić information content (AvgIpc) is 2.64. The lowest BCUT2D eigenvalue weighted by molar-refractivity contribution is -0.118. The van der Waals surface area contributed by atoms with Crippen molar-refractivity contribution in [3.8, 4) is 6.07 Å². The van der Waals surface area contributed by atoms with Gasteiger partial charge in [0.1, 0.15) is 11.3 Å². The van der Waals surface area contributed by atoms with Crippen molar-refractivity contribution in [2.75, 3.05) is 0 Å². The first-order chi connectivity index (χ1) is 12.4. The van der Waals surface area contributed by atoms with Crippen molar-refractivity contribution in [3.63, 3.8) is 0 Å². The van der Waals surface area contributed by atoms with Crippen LogP contribution in [0.4, 0.5) is 0 Å². The van der Waals surface area contributed by atoms with Crippen LogP contribution in [0.25, 0.3) is 0 Å². The van der Waals surface area contributed by atoms with E-state index in [9.17, 15) is 4.79 Å². The molecule has 0 radical (unpaired) electrons. The SMILES string of the molecule is N#CC1(N)CCc2cccc(Cl)c2C1.O=C1CCc2cccc(Cl)c2C1. The summed E-state index contributed by atoms with van der Waals surface area (Å²) in [7, 11) is 0. The van der Waals surface area contributed by atoms with Crippen LogP contribution >= 0.6 is 23.2 Å². The van der Waals surface area contributed by atoms with Gasteiger partial charge in [0.25, 0.3) is 0 Å². The molecule has 2 aliphatic rings. The summed E-state index contributed by atoms with van der Waals surface area (Å²) in [4.78, 5) is 11.1. The Morgan fingerprint density at radius 3 is 2.23 bits per heavy atom. The lowest BCUT2D eigenvalue weighted by Crippen LogP contribution is -2.43. The van der Waals surface area contributed by atoms with Crippen LogP contribution in [0.5, 0.6) is 0 Å². The zero-order valence-corrected chi connectivity index (χ0v) is 15.9. The summed E-state index contributed by atoms with van der Waals surface area (Å²) in [5, 5.41) is 10.4. The monoisotopic (exact) mass is 386 g/mol. The van der Waals surface area contributed by atoms with Crippen LogP contribution in [0.15, 0.2) is 36.4 Å². The number of ketones is 1. The van der Waals surface area contributed by atoms with Crippen LogP contribution in [-0.2, 0) is 30.5 Å². The van der Waals surface area contributed by atoms with E-state index in [-0.39, 0.29) is 0 Å². The summed E-state index contributed by atoms with van der Waals surface area (Å²) in [6, 6.07) is 13.9. The van der Waals surface area contributed by atoms with E-state index in [0.717, 1.165) is 40.4 Å². The Morgan fingerprint density at radius 2 is 1.58 bits per heavy atom. The Morgan fingerprint density at radius 1 is 0.962 bits per heavy atom. The van der Waals surface area contributed by atoms with Crippen LogP contribution < -0.4 is 5.73 Å². The first kappa shape index (κ1) is 18.9. The van der Waals surface area contributed by atoms with Crippen molar-refractivity contribution in [2.45, 2.75) is 44.1 Å². The lowest BCUT2D eigenvalue weighted by Gasteiger charge is -2.28. The predicted octanol–water partition coefficient (Wildman–Crippen LogP) is 4.45. The normalized spacial score (nSPS) is 20.9. The lowest BCUT2D eigenvalue weighted by atomic mass is 9.79. The molecular formula is C21H20Cl2N2O. The first-order valence-electron chi connectivity index (χ1n) is 8.66. The van der Waals surface area contributed by atoms with Gasteiger partial charge in [-0.1, -0.05) is 47.5 Å². The molecule has 0 saturated heterocycles. The van der Waals surface area contributed by atoms with Gasteiger partial charge < -0.3 is 5.73 Å². The fourth-order valence-electron chi connectivity index (χ4n) is 3.49. The van der Waals surface area contributed by atoms with Gasteiger partial charge in [0.2, 0.25) is 0 Å². The number of nitrogens with two attached hydrogens (primary N) is 1. The molecule has 0 heterocycles. The summed E-state index contributed by atoms with van der Waals surface area (Å²) in [6.07, 6.45) is 4.19. The van der Waals surface area contributed by atoms with E-state index in [1.165, 1.54) is 11.1 Å². The maximum Gasteiger partial charge on any atom is 0.137 e. The minimum absolute atomic E-state index is 0.301. The van der Waals surface area contributed by atoms with Crippen molar-refractivity contribution in [1.29, 1.82) is 5.26 Å². The van der Waals surface area contributed by atoms with Gasteiger partial charge in [0.05, 0.1) is 6.07 Å². The van der Waals surface area contributed by atoms with Crippen LogP contribution in [0.3, 0.4) is 0 Å². The number of hydrogen-bond acceptors (Lipinski definition) is 3. The maximum atomic E-state index is 11.1. The standard InChI is InChI=1S/C11H11ClN2.C10H9ClO/c12-10-3-1-2-8-4-5-11(14,7-13)6-9(8)10;11-10-3-1-2-7-4-5-8(12)6-9(7)10/h1-3H,4-6,14H2;1-3H,4-6H2. The molecule has 0 aromatic heterocycles. The molecule has 4 rings (SSSR count). The predicted molar refractivity (Wildman–Crippen MR) is 104 cm³/mol. The van der Waals surface area contributed by atoms with Gasteiger partial charge in [-0.25, -0.2) is 0 Å². The molecule has 5 heteroatoms. The Bertz CT molecular complexity index is 888. The molecule has 134 valence electrons. The van der Waals surface area contributed by atoms with Gasteiger partial charge in [-0.2, -0.15) is 5.26 Å². The fourth-order valence-corrected chi connectivity index (χ4v) is 4.01. The topological polar surface area (TPSA) is 66.9 Å². The van der Waals surface area contributed by atoms with Crippen molar-refractivity contribution < 1.29 is 4.79 Å². The molecule has 3 nitrogen and oxygen atoms in total. The Hall–Kier alpha value is -1.86. The molecule has 26 heavy (non-hydrogen) atoms. The van der Waals surface area contributed by atoms with Crippen LogP contribution in [0.1, 0.15) is 35.1 Å². The van der Waals surface area contributed by atoms with E-state index < -0.39 is 5.54 Å². The highest BCUT2D eigenvalue weighted by molar-refractivity contribution is 6.32. The smallest absolute Gasteiger partial charge is 0.137 e. The van der Waals surface area contributed by atoms with E-state index >= 15 is 0 Å². The Labute approximate surface area is 163 Å². The highest BCUT2D eigenvalue weighted by Crippen LogP contribution is 2.31. The number of nitriles is 1. The summed E-state index contributed by atoms with van der Waals surface area (Å²) >= 11 is 12.0. The molecule has 0 fully saturated rings. The maximum absolute atomic E-state index is 11.1. The third-order valence-electron chi connectivity index (χ3n) is 5.03. The number of rotatable bonds is 0. The number of aryl methyl sites for hydroxylation is 2. The fraction of sp³-hybridized carbons (Fsp3) is 0.333. The molecule has 0 saturated carbocycles. The zero-order chi connectivity index (χ0) is 18.7. The Balaban J connectivity index is 0.000000152.